The molecule has 2 saturated heterocycles. The van der Waals surface area contributed by atoms with Crippen LogP contribution in [-0.2, 0) is 59.0 Å². The van der Waals surface area contributed by atoms with Gasteiger partial charge in [0.2, 0.25) is 29.5 Å². The van der Waals surface area contributed by atoms with Crippen LogP contribution in [0.15, 0.2) is 24.3 Å². The zero-order valence-electron chi connectivity index (χ0n) is 44.8. The van der Waals surface area contributed by atoms with Crippen molar-refractivity contribution in [3.05, 3.63) is 29.8 Å². The Morgan fingerprint density at radius 1 is 0.903 bits per heavy atom. The molecule has 0 aliphatic carbocycles. The highest BCUT2D eigenvalue weighted by atomic mass is 16.6. The first-order valence-corrected chi connectivity index (χ1v) is 25.3. The molecule has 12 atom stereocenters. The highest BCUT2D eigenvalue weighted by Gasteiger charge is 2.45. The van der Waals surface area contributed by atoms with E-state index in [1.165, 1.54) is 51.8 Å². The summed E-state index contributed by atoms with van der Waals surface area (Å²) >= 11 is 0. The smallest absolute Gasteiger partial charge is 0.329 e. The van der Waals surface area contributed by atoms with Gasteiger partial charge in [0.15, 0.2) is 11.9 Å². The Morgan fingerprint density at radius 3 is 2.07 bits per heavy atom. The molecule has 0 bridgehead atoms. The topological polar surface area (TPSA) is 268 Å². The number of rotatable bonds is 14. The Morgan fingerprint density at radius 2 is 1.53 bits per heavy atom. The van der Waals surface area contributed by atoms with E-state index in [0.29, 0.717) is 24.2 Å². The number of amides is 6. The van der Waals surface area contributed by atoms with E-state index in [2.05, 4.69) is 16.0 Å². The van der Waals surface area contributed by atoms with Crippen molar-refractivity contribution in [3.63, 3.8) is 0 Å². The van der Waals surface area contributed by atoms with Gasteiger partial charge >= 0.3 is 11.9 Å². The van der Waals surface area contributed by atoms with Crippen LogP contribution < -0.4 is 20.7 Å². The minimum Gasteiger partial charge on any atom is -0.497 e. The van der Waals surface area contributed by atoms with Gasteiger partial charge in [0.05, 0.1) is 31.6 Å². The summed E-state index contributed by atoms with van der Waals surface area (Å²) in [5, 5.41) is 30.1. The zero-order chi connectivity index (χ0) is 54.5. The predicted octanol–water partition coefficient (Wildman–Crippen LogP) is 2.33. The zero-order valence-corrected chi connectivity index (χ0v) is 44.8. The number of fused-ring (bicyclic) bond motifs is 1. The summed E-state index contributed by atoms with van der Waals surface area (Å²) in [6, 6.07) is -1.03. The number of likely N-dealkylation sites (N-methyl/N-ethyl adjacent to an activating group) is 2. The first kappa shape index (κ1) is 60.7. The van der Waals surface area contributed by atoms with E-state index in [1.807, 2.05) is 27.7 Å². The molecule has 2 fully saturated rings. The van der Waals surface area contributed by atoms with Gasteiger partial charge in [0.25, 0.3) is 5.91 Å². The first-order valence-electron chi connectivity index (χ1n) is 25.3. The van der Waals surface area contributed by atoms with Crippen molar-refractivity contribution < 1.29 is 67.6 Å². The minimum atomic E-state index is -1.73. The molecule has 404 valence electrons. The number of carbonyl (C=O) groups is 9. The molecule has 2 aliphatic heterocycles. The third-order valence-corrected chi connectivity index (χ3v) is 13.7. The summed E-state index contributed by atoms with van der Waals surface area (Å²) in [6.07, 6.45) is -5.64. The summed E-state index contributed by atoms with van der Waals surface area (Å²) in [6.45, 7) is 18.1. The minimum absolute atomic E-state index is 0.0955. The molecule has 5 N–H and O–H groups in total. The van der Waals surface area contributed by atoms with Crippen molar-refractivity contribution >= 4 is 53.2 Å². The number of nitrogens with one attached hydrogen (secondary N) is 3. The van der Waals surface area contributed by atoms with Crippen LogP contribution in [-0.4, -0.2) is 166 Å². The lowest BCUT2D eigenvalue weighted by atomic mass is 9.91. The Labute approximate surface area is 425 Å². The van der Waals surface area contributed by atoms with E-state index in [4.69, 9.17) is 14.2 Å². The van der Waals surface area contributed by atoms with Gasteiger partial charge in [0.1, 0.15) is 48.2 Å². The number of hydrogen-bond donors (Lipinski definition) is 5. The standard InChI is InChI=1S/C52H82N6O14/c1-15-30(8)42-40(60)26-41(61)72-45(29(6)7)44(62)31(9)46(63)53-36(23-27(2)3)50(67)58-22-16-17-37(58)51(68)57(13)39(25-34-18-20-35(70-14)21-19-34)52(69)71-33(11)43(48(65)54-42)55-47(64)38(24-28(4)5)56(12)49(66)32(10)59/h18-21,27-33,36-40,42-43,45,59-60H,15-17,22-26H2,1-14H3,(H,53,63)(H,54,65)(H,55,64)/t30-,31-,32?,33+,36-,37-,38+,39-,40-,42-,43-,45-/m0/s1. The third-order valence-electron chi connectivity index (χ3n) is 13.7. The van der Waals surface area contributed by atoms with Gasteiger partial charge < -0.3 is 55.1 Å². The van der Waals surface area contributed by atoms with Crippen LogP contribution in [0, 0.1) is 29.6 Å². The van der Waals surface area contributed by atoms with Crippen LogP contribution in [0.3, 0.4) is 0 Å². The Bertz CT molecular complexity index is 2060. The lowest BCUT2D eigenvalue weighted by molar-refractivity contribution is -0.163. The number of carbonyl (C=O) groups excluding carboxylic acids is 9. The van der Waals surface area contributed by atoms with Crippen LogP contribution in [0.25, 0.3) is 0 Å². The molecule has 20 heteroatoms. The van der Waals surface area contributed by atoms with Crippen LogP contribution in [0.2, 0.25) is 0 Å². The molecule has 20 nitrogen and oxygen atoms in total. The van der Waals surface area contributed by atoms with E-state index in [1.54, 1.807) is 52.0 Å². The average molecular weight is 1020 g/mol. The fraction of sp³-hybridized carbons (Fsp3) is 0.712. The number of cyclic esters (lactones) is 2. The normalized spacial score (nSPS) is 27.1. The van der Waals surface area contributed by atoms with Gasteiger partial charge in [0, 0.05) is 27.1 Å². The first-order chi connectivity index (χ1) is 33.6. The van der Waals surface area contributed by atoms with Crippen LogP contribution in [0.4, 0.5) is 0 Å². The second kappa shape index (κ2) is 27.4. The molecule has 1 unspecified atom stereocenters. The van der Waals surface area contributed by atoms with E-state index >= 15 is 0 Å². The second-order valence-electron chi connectivity index (χ2n) is 20.8. The second-order valence-corrected chi connectivity index (χ2v) is 20.8. The van der Waals surface area contributed by atoms with Crippen LogP contribution in [0.1, 0.15) is 120 Å². The largest absolute Gasteiger partial charge is 0.497 e. The van der Waals surface area contributed by atoms with Crippen LogP contribution in [0.5, 0.6) is 5.75 Å². The van der Waals surface area contributed by atoms with Crippen molar-refractivity contribution in [2.75, 3.05) is 27.7 Å². The van der Waals surface area contributed by atoms with Gasteiger partial charge in [-0.2, -0.15) is 0 Å². The summed E-state index contributed by atoms with van der Waals surface area (Å²) < 4.78 is 17.1. The number of aliphatic hydroxyl groups excluding tert-OH is 2. The number of Topliss-reactive ketones (excluding diaryl/α,β-unsaturated/α-hetero) is 1. The predicted molar refractivity (Wildman–Crippen MR) is 265 cm³/mol. The molecule has 2 heterocycles. The van der Waals surface area contributed by atoms with Crippen molar-refractivity contribution in [1.82, 2.24) is 30.7 Å². The summed E-state index contributed by atoms with van der Waals surface area (Å²) in [5.41, 5.74) is 0.582. The molecule has 0 radical (unpaired) electrons. The van der Waals surface area contributed by atoms with Crippen molar-refractivity contribution in [3.8, 4) is 5.75 Å². The molecule has 6 amide bonds. The number of esters is 2. The number of hydrogen-bond acceptors (Lipinski definition) is 14. The molecule has 1 aromatic rings. The van der Waals surface area contributed by atoms with Gasteiger partial charge in [-0.1, -0.05) is 73.9 Å². The van der Waals surface area contributed by atoms with Gasteiger partial charge in [-0.05, 0) is 87.8 Å². The van der Waals surface area contributed by atoms with Crippen molar-refractivity contribution in [2.24, 2.45) is 29.6 Å². The Hall–Kier alpha value is -5.63. The molecule has 0 aromatic heterocycles. The Balaban J connectivity index is 2.29. The van der Waals surface area contributed by atoms with Crippen LogP contribution >= 0.6 is 0 Å². The molecule has 1 aromatic carbocycles. The maximum Gasteiger partial charge on any atom is 0.329 e. The summed E-state index contributed by atoms with van der Waals surface area (Å²) in [7, 11) is 4.23. The number of ketones is 1. The quantitative estimate of drug-likeness (QED) is 0.132. The van der Waals surface area contributed by atoms with Crippen molar-refractivity contribution in [1.29, 1.82) is 0 Å². The van der Waals surface area contributed by atoms with E-state index in [-0.39, 0.29) is 44.1 Å². The van der Waals surface area contributed by atoms with E-state index < -0.39 is 138 Å². The number of nitrogens with zero attached hydrogens (tertiary/aromatic N) is 3. The van der Waals surface area contributed by atoms with Gasteiger partial charge in [-0.15, -0.1) is 0 Å². The third kappa shape index (κ3) is 16.2. The number of benzene rings is 1. The number of methoxy groups -OCH3 is 1. The number of ether oxygens (including phenoxy) is 3. The summed E-state index contributed by atoms with van der Waals surface area (Å²) in [5.74, 6) is -9.61. The molecule has 3 rings (SSSR count). The fourth-order valence-electron chi connectivity index (χ4n) is 9.05. The fourth-order valence-corrected chi connectivity index (χ4v) is 9.05. The number of aliphatic hydroxyl groups is 2. The Kier molecular flexibility index (Phi) is 23.1. The van der Waals surface area contributed by atoms with E-state index in [9.17, 15) is 53.4 Å². The SMILES string of the molecule is CC[C@H](C)[C@@H]1NC(=O)[C@@H](NC(=O)[C@@H](CC(C)C)N(C)C(=O)C(C)O)[C@@H](C)OC(=O)[C@H](Cc2ccc(OC)cc2)N(C)C(=O)[C@@H]2CCCN2C(=O)[C@H](CC(C)C)NC(=O)[C@@H](C)C(=O)[C@H](C(C)C)OC(=O)C[C@@H]1O. The molecule has 0 saturated carbocycles. The van der Waals surface area contributed by atoms with E-state index in [0.717, 1.165) is 4.90 Å². The maximum atomic E-state index is 14.8. The molecule has 2 aliphatic rings. The summed E-state index contributed by atoms with van der Waals surface area (Å²) in [4.78, 5) is 132. The van der Waals surface area contributed by atoms with Crippen molar-refractivity contribution in [2.45, 2.75) is 182 Å². The highest BCUT2D eigenvalue weighted by Crippen LogP contribution is 2.26. The van der Waals surface area contributed by atoms with Gasteiger partial charge in [-0.25, -0.2) is 4.79 Å². The lowest BCUT2D eigenvalue weighted by Gasteiger charge is -2.36. The lowest BCUT2D eigenvalue weighted by Crippen LogP contribution is -2.62. The van der Waals surface area contributed by atoms with Gasteiger partial charge in [-0.3, -0.25) is 38.4 Å². The highest BCUT2D eigenvalue weighted by molar-refractivity contribution is 6.05. The molecular weight excluding hydrogens is 933 g/mol. The molecule has 0 spiro atoms. The monoisotopic (exact) mass is 1010 g/mol. The molecular formula is C52H82N6O14. The average Bonchev–Trinajstić information content (AvgIpc) is 3.82. The molecule has 72 heavy (non-hydrogen) atoms. The maximum absolute atomic E-state index is 14.8.